The first kappa shape index (κ1) is 25.8. The summed E-state index contributed by atoms with van der Waals surface area (Å²) < 4.78 is 25.0. The average molecular weight is 557 g/mol. The second-order valence-corrected chi connectivity index (χ2v) is 14.2. The maximum atomic E-state index is 13.5. The van der Waals surface area contributed by atoms with E-state index in [-0.39, 0.29) is 22.8 Å². The second kappa shape index (κ2) is 9.65. The Morgan fingerprint density at radius 2 is 1.79 bits per heavy atom. The van der Waals surface area contributed by atoms with Gasteiger partial charge < -0.3 is 15.3 Å². The zero-order chi connectivity index (χ0) is 26.7. The van der Waals surface area contributed by atoms with Gasteiger partial charge in [0, 0.05) is 29.2 Å². The molecule has 7 nitrogen and oxygen atoms in total. The Balaban J connectivity index is 1.08. The van der Waals surface area contributed by atoms with Gasteiger partial charge in [-0.15, -0.1) is 0 Å². The minimum atomic E-state index is -3.75. The molecule has 4 aliphatic carbocycles. The highest BCUT2D eigenvalue weighted by molar-refractivity contribution is 7.92. The van der Waals surface area contributed by atoms with Crippen molar-refractivity contribution in [3.63, 3.8) is 0 Å². The average Bonchev–Trinajstić information content (AvgIpc) is 3.19. The molecule has 0 spiro atoms. The number of amides is 2. The van der Waals surface area contributed by atoms with Crippen LogP contribution in [0.1, 0.15) is 44.1 Å². The molecule has 3 unspecified atom stereocenters. The van der Waals surface area contributed by atoms with Gasteiger partial charge in [-0.25, -0.2) is 8.42 Å². The quantitative estimate of drug-likeness (QED) is 0.535. The standard InChI is InChI=1S/C29H33ClN2O5S/c30-25-13-23(31-26(33)17-38(36,37)24-4-2-1-3-5-24)7-6-19(25)12-20-8-9-32(28(20)34)27-21-10-18-11-22(27)16-29(35,14-18)15-21/h1-7,13,18,20-22,27,35H,8-12,14-17H2,(H,31,33). The summed E-state index contributed by atoms with van der Waals surface area (Å²) in [6, 6.07) is 13.2. The molecule has 0 radical (unpaired) electrons. The smallest absolute Gasteiger partial charge is 0.239 e. The Morgan fingerprint density at radius 1 is 1.08 bits per heavy atom. The lowest BCUT2D eigenvalue weighted by Crippen LogP contribution is -2.62. The van der Waals surface area contributed by atoms with Gasteiger partial charge in [0.1, 0.15) is 5.75 Å². The van der Waals surface area contributed by atoms with Gasteiger partial charge in [-0.05, 0) is 92.5 Å². The number of carbonyl (C=O) groups excluding carboxylic acids is 2. The highest BCUT2D eigenvalue weighted by atomic mass is 35.5. The molecule has 4 saturated carbocycles. The molecule has 1 aliphatic heterocycles. The molecule has 7 rings (SSSR count). The van der Waals surface area contributed by atoms with Crippen molar-refractivity contribution in [2.24, 2.45) is 23.7 Å². The summed E-state index contributed by atoms with van der Waals surface area (Å²) in [6.07, 6.45) is 6.15. The van der Waals surface area contributed by atoms with Crippen LogP contribution in [0, 0.1) is 23.7 Å². The highest BCUT2D eigenvalue weighted by Crippen LogP contribution is 2.57. The normalized spacial score (nSPS) is 32.1. The topological polar surface area (TPSA) is 104 Å². The fraction of sp³-hybridized carbons (Fsp3) is 0.517. The first-order valence-corrected chi connectivity index (χ1v) is 15.5. The van der Waals surface area contributed by atoms with Crippen molar-refractivity contribution in [3.05, 3.63) is 59.1 Å². The van der Waals surface area contributed by atoms with Crippen molar-refractivity contribution >= 4 is 38.9 Å². The summed E-state index contributed by atoms with van der Waals surface area (Å²) in [6.45, 7) is 0.756. The number of hydrogen-bond donors (Lipinski definition) is 2. The van der Waals surface area contributed by atoms with Gasteiger partial charge in [0.2, 0.25) is 11.8 Å². The van der Waals surface area contributed by atoms with Crippen LogP contribution < -0.4 is 5.32 Å². The van der Waals surface area contributed by atoms with E-state index in [0.29, 0.717) is 34.9 Å². The van der Waals surface area contributed by atoms with E-state index < -0.39 is 27.1 Å². The molecule has 2 amide bonds. The van der Waals surface area contributed by atoms with Gasteiger partial charge in [-0.1, -0.05) is 35.9 Å². The molecular weight excluding hydrogens is 524 g/mol. The van der Waals surface area contributed by atoms with Gasteiger partial charge in [-0.2, -0.15) is 0 Å². The molecule has 2 N–H and O–H groups in total. The summed E-state index contributed by atoms with van der Waals surface area (Å²) in [5, 5.41) is 14.0. The zero-order valence-electron chi connectivity index (χ0n) is 21.2. The maximum absolute atomic E-state index is 13.5. The van der Waals surface area contributed by atoms with Gasteiger partial charge in [-0.3, -0.25) is 9.59 Å². The molecule has 1 heterocycles. The van der Waals surface area contributed by atoms with Crippen molar-refractivity contribution in [2.75, 3.05) is 17.6 Å². The van der Waals surface area contributed by atoms with E-state index in [4.69, 9.17) is 11.6 Å². The van der Waals surface area contributed by atoms with E-state index in [1.807, 2.05) is 0 Å². The third-order valence-electron chi connectivity index (χ3n) is 9.13. The molecule has 3 atom stereocenters. The number of aliphatic hydroxyl groups is 1. The molecule has 9 heteroatoms. The third kappa shape index (κ3) is 4.87. The van der Waals surface area contributed by atoms with Crippen LogP contribution in [0.15, 0.2) is 53.4 Å². The molecule has 5 aliphatic rings. The minimum absolute atomic E-state index is 0.100. The van der Waals surface area contributed by atoms with E-state index >= 15 is 0 Å². The molecule has 5 fully saturated rings. The van der Waals surface area contributed by atoms with E-state index in [2.05, 4.69) is 10.2 Å². The van der Waals surface area contributed by atoms with Crippen molar-refractivity contribution < 1.29 is 23.1 Å². The fourth-order valence-electron chi connectivity index (χ4n) is 7.85. The van der Waals surface area contributed by atoms with Crippen molar-refractivity contribution in [1.82, 2.24) is 4.90 Å². The number of nitrogens with zero attached hydrogens (tertiary/aromatic N) is 1. The number of likely N-dealkylation sites (tertiary alicyclic amines) is 1. The Kier molecular flexibility index (Phi) is 6.56. The lowest BCUT2D eigenvalue weighted by Gasteiger charge is -2.59. The minimum Gasteiger partial charge on any atom is -0.390 e. The summed E-state index contributed by atoms with van der Waals surface area (Å²) in [5.74, 6) is 0.179. The van der Waals surface area contributed by atoms with Gasteiger partial charge >= 0.3 is 0 Å². The van der Waals surface area contributed by atoms with E-state index in [9.17, 15) is 23.1 Å². The lowest BCUT2D eigenvalue weighted by molar-refractivity contribution is -0.168. The summed E-state index contributed by atoms with van der Waals surface area (Å²) in [5.41, 5.74) is 0.741. The first-order valence-electron chi connectivity index (χ1n) is 13.5. The lowest BCUT2D eigenvalue weighted by atomic mass is 9.52. The van der Waals surface area contributed by atoms with E-state index in [1.165, 1.54) is 12.1 Å². The number of sulfone groups is 1. The van der Waals surface area contributed by atoms with Crippen LogP contribution in [0.25, 0.3) is 0 Å². The number of halogens is 1. The number of rotatable bonds is 7. The predicted octanol–water partition coefficient (Wildman–Crippen LogP) is 4.08. The number of benzene rings is 2. The van der Waals surface area contributed by atoms with E-state index in [0.717, 1.165) is 50.6 Å². The molecule has 2 aromatic rings. The van der Waals surface area contributed by atoms with Gasteiger partial charge in [0.15, 0.2) is 9.84 Å². The molecule has 2 aromatic carbocycles. The molecule has 0 aromatic heterocycles. The number of anilines is 1. The number of hydrogen-bond acceptors (Lipinski definition) is 5. The summed E-state index contributed by atoms with van der Waals surface area (Å²) in [7, 11) is -3.75. The van der Waals surface area contributed by atoms with E-state index in [1.54, 1.807) is 36.4 Å². The maximum Gasteiger partial charge on any atom is 0.239 e. The summed E-state index contributed by atoms with van der Waals surface area (Å²) in [4.78, 5) is 28.1. The van der Waals surface area contributed by atoms with Gasteiger partial charge in [0.05, 0.1) is 10.5 Å². The van der Waals surface area contributed by atoms with Crippen molar-refractivity contribution in [2.45, 2.75) is 61.5 Å². The molecule has 38 heavy (non-hydrogen) atoms. The zero-order valence-corrected chi connectivity index (χ0v) is 22.8. The van der Waals surface area contributed by atoms with Crippen molar-refractivity contribution in [1.29, 1.82) is 0 Å². The molecule has 202 valence electrons. The molecular formula is C29H33ClN2O5S. The van der Waals surface area contributed by atoms with Crippen LogP contribution in [0.2, 0.25) is 5.02 Å². The SMILES string of the molecule is O=C(CS(=O)(=O)c1ccccc1)Nc1ccc(CC2CCN(C3C4CC5CC3CC(O)(C5)C4)C2=O)c(Cl)c1. The summed E-state index contributed by atoms with van der Waals surface area (Å²) >= 11 is 6.54. The highest BCUT2D eigenvalue weighted by Gasteiger charge is 2.57. The Morgan fingerprint density at radius 3 is 2.45 bits per heavy atom. The number of nitrogens with one attached hydrogen (secondary N) is 1. The van der Waals surface area contributed by atoms with Crippen LogP contribution in [0.5, 0.6) is 0 Å². The fourth-order valence-corrected chi connectivity index (χ4v) is 9.26. The van der Waals surface area contributed by atoms with Crippen LogP contribution >= 0.6 is 11.6 Å². The monoisotopic (exact) mass is 556 g/mol. The first-order chi connectivity index (χ1) is 18.1. The third-order valence-corrected chi connectivity index (χ3v) is 11.1. The number of carbonyl (C=O) groups is 2. The van der Waals surface area contributed by atoms with Gasteiger partial charge in [0.25, 0.3) is 0 Å². The molecule has 4 bridgehead atoms. The molecule has 1 saturated heterocycles. The Labute approximate surface area is 228 Å². The van der Waals surface area contributed by atoms with Crippen LogP contribution in [-0.4, -0.2) is 54.2 Å². The van der Waals surface area contributed by atoms with Crippen LogP contribution in [0.4, 0.5) is 5.69 Å². The van der Waals surface area contributed by atoms with Crippen LogP contribution in [-0.2, 0) is 25.8 Å². The Bertz CT molecular complexity index is 1350. The predicted molar refractivity (Wildman–Crippen MR) is 144 cm³/mol. The second-order valence-electron chi connectivity index (χ2n) is 11.8. The Hall–Kier alpha value is -2.42. The van der Waals surface area contributed by atoms with Crippen LogP contribution in [0.3, 0.4) is 0 Å². The largest absolute Gasteiger partial charge is 0.390 e. The van der Waals surface area contributed by atoms with Crippen molar-refractivity contribution in [3.8, 4) is 0 Å².